The van der Waals surface area contributed by atoms with Gasteiger partial charge in [0.2, 0.25) is 0 Å². The highest BCUT2D eigenvalue weighted by molar-refractivity contribution is 9.10. The lowest BCUT2D eigenvalue weighted by Gasteiger charge is -2.08. The zero-order valence-corrected chi connectivity index (χ0v) is 15.4. The lowest BCUT2D eigenvalue weighted by Crippen LogP contribution is -2.06. The summed E-state index contributed by atoms with van der Waals surface area (Å²) in [7, 11) is 0. The van der Waals surface area contributed by atoms with Crippen LogP contribution in [0.15, 0.2) is 54.7 Å². The maximum Gasteiger partial charge on any atom is 0.336 e. The molecule has 132 valence electrons. The van der Waals surface area contributed by atoms with Gasteiger partial charge in [-0.25, -0.2) is 9.59 Å². The molecule has 0 atom stereocenters. The molecule has 2 aromatic heterocycles. The summed E-state index contributed by atoms with van der Waals surface area (Å²) in [5.74, 6) is 0.0234. The van der Waals surface area contributed by atoms with Crippen molar-refractivity contribution in [1.29, 1.82) is 0 Å². The lowest BCUT2D eigenvalue weighted by molar-refractivity contribution is -0.138. The van der Waals surface area contributed by atoms with Crippen LogP contribution < -0.4 is 5.63 Å². The molecule has 3 aromatic rings. The van der Waals surface area contributed by atoms with Crippen molar-refractivity contribution >= 4 is 38.9 Å². The smallest absolute Gasteiger partial charge is 0.336 e. The molecule has 0 saturated heterocycles. The van der Waals surface area contributed by atoms with Gasteiger partial charge < -0.3 is 13.6 Å². The van der Waals surface area contributed by atoms with Crippen molar-refractivity contribution in [3.05, 3.63) is 73.9 Å². The summed E-state index contributed by atoms with van der Waals surface area (Å²) in [6, 6.07) is 8.81. The van der Waals surface area contributed by atoms with E-state index in [1.165, 1.54) is 29.3 Å². The van der Waals surface area contributed by atoms with Crippen LogP contribution in [0.3, 0.4) is 0 Å². The van der Waals surface area contributed by atoms with Crippen LogP contribution in [0, 0.1) is 0 Å². The number of benzene rings is 1. The summed E-state index contributed by atoms with van der Waals surface area (Å²) in [6.45, 7) is 0.00586. The maximum absolute atomic E-state index is 11.9. The number of carbonyl (C=O) groups excluding carboxylic acids is 1. The number of fused-ring (bicyclic) bond motifs is 2. The van der Waals surface area contributed by atoms with Crippen molar-refractivity contribution in [2.24, 2.45) is 0 Å². The predicted octanol–water partition coefficient (Wildman–Crippen LogP) is 4.39. The van der Waals surface area contributed by atoms with E-state index in [0.29, 0.717) is 21.6 Å². The molecular weight excluding hydrogens is 400 g/mol. The SMILES string of the molecule is O=C(C=Cc1ccc(Br)o1)OCc1cc(=O)oc2cc3c(cc12)CCC3. The lowest BCUT2D eigenvalue weighted by atomic mass is 10.0. The van der Waals surface area contributed by atoms with Gasteiger partial charge >= 0.3 is 11.6 Å². The Kier molecular flexibility index (Phi) is 4.51. The number of aryl methyl sites for hydroxylation is 2. The summed E-state index contributed by atoms with van der Waals surface area (Å²) in [6.07, 6.45) is 5.94. The van der Waals surface area contributed by atoms with E-state index in [-0.39, 0.29) is 6.61 Å². The highest BCUT2D eigenvalue weighted by Crippen LogP contribution is 2.28. The first-order valence-electron chi connectivity index (χ1n) is 8.27. The van der Waals surface area contributed by atoms with Crippen LogP contribution in [-0.4, -0.2) is 5.97 Å². The van der Waals surface area contributed by atoms with E-state index < -0.39 is 11.6 Å². The molecule has 0 N–H and O–H groups in total. The van der Waals surface area contributed by atoms with Crippen LogP contribution >= 0.6 is 15.9 Å². The Bertz CT molecular complexity index is 1070. The van der Waals surface area contributed by atoms with Gasteiger partial charge in [0.15, 0.2) is 4.67 Å². The van der Waals surface area contributed by atoms with Gasteiger partial charge in [0, 0.05) is 23.1 Å². The molecule has 0 spiro atoms. The standard InChI is InChI=1S/C20H15BrO5/c21-18-6-4-15(25-18)5-7-19(22)24-11-14-10-20(23)26-17-9-13-3-1-2-12(13)8-16(14)17/h4-10H,1-3,11H2. The van der Waals surface area contributed by atoms with Gasteiger partial charge in [-0.15, -0.1) is 0 Å². The predicted molar refractivity (Wildman–Crippen MR) is 99.7 cm³/mol. The highest BCUT2D eigenvalue weighted by Gasteiger charge is 2.15. The van der Waals surface area contributed by atoms with Gasteiger partial charge in [0.05, 0.1) is 0 Å². The molecule has 0 saturated carbocycles. The molecule has 1 aromatic carbocycles. The molecule has 26 heavy (non-hydrogen) atoms. The van der Waals surface area contributed by atoms with Crippen LogP contribution in [0.1, 0.15) is 28.9 Å². The number of carbonyl (C=O) groups is 1. The third-order valence-corrected chi connectivity index (χ3v) is 4.82. The fraction of sp³-hybridized carbons (Fsp3) is 0.200. The van der Waals surface area contributed by atoms with Crippen molar-refractivity contribution in [2.75, 3.05) is 0 Å². The topological polar surface area (TPSA) is 69.7 Å². The van der Waals surface area contributed by atoms with Crippen LogP contribution in [0.2, 0.25) is 0 Å². The van der Waals surface area contributed by atoms with Gasteiger partial charge in [0.1, 0.15) is 18.0 Å². The van der Waals surface area contributed by atoms with Crippen LogP contribution in [0.5, 0.6) is 0 Å². The third-order valence-electron chi connectivity index (χ3n) is 4.39. The molecule has 0 bridgehead atoms. The molecule has 0 amide bonds. The zero-order chi connectivity index (χ0) is 18.1. The average Bonchev–Trinajstić information content (AvgIpc) is 3.24. The number of rotatable bonds is 4. The summed E-state index contributed by atoms with van der Waals surface area (Å²) in [5, 5.41) is 0.817. The third kappa shape index (κ3) is 3.51. The first kappa shape index (κ1) is 16.8. The normalized spacial score (nSPS) is 13.4. The van der Waals surface area contributed by atoms with Crippen LogP contribution in [0.4, 0.5) is 0 Å². The molecule has 0 aliphatic heterocycles. The second kappa shape index (κ2) is 6.96. The van der Waals surface area contributed by atoms with Crippen molar-refractivity contribution < 1.29 is 18.4 Å². The fourth-order valence-corrected chi connectivity index (χ4v) is 3.50. The zero-order valence-electron chi connectivity index (χ0n) is 13.8. The summed E-state index contributed by atoms with van der Waals surface area (Å²) >= 11 is 3.20. The van der Waals surface area contributed by atoms with Gasteiger partial charge in [0.25, 0.3) is 0 Å². The summed E-state index contributed by atoms with van der Waals surface area (Å²) in [4.78, 5) is 23.8. The van der Waals surface area contributed by atoms with E-state index in [9.17, 15) is 9.59 Å². The summed E-state index contributed by atoms with van der Waals surface area (Å²) < 4.78 is 16.5. The van der Waals surface area contributed by atoms with E-state index in [1.807, 2.05) is 12.1 Å². The number of hydrogen-bond donors (Lipinski definition) is 0. The number of furan rings is 1. The minimum atomic E-state index is -0.514. The number of ether oxygens (including phenoxy) is 1. The quantitative estimate of drug-likeness (QED) is 0.359. The number of halogens is 1. The fourth-order valence-electron chi connectivity index (χ4n) is 3.18. The van der Waals surface area contributed by atoms with E-state index in [4.69, 9.17) is 13.6 Å². The van der Waals surface area contributed by atoms with Gasteiger partial charge in [-0.2, -0.15) is 0 Å². The monoisotopic (exact) mass is 414 g/mol. The Hall–Kier alpha value is -2.60. The molecule has 0 radical (unpaired) electrons. The van der Waals surface area contributed by atoms with Gasteiger partial charge in [-0.3, -0.25) is 0 Å². The van der Waals surface area contributed by atoms with Crippen LogP contribution in [0.25, 0.3) is 17.0 Å². The molecule has 1 aliphatic carbocycles. The van der Waals surface area contributed by atoms with Gasteiger partial charge in [-0.1, -0.05) is 0 Å². The molecule has 0 unspecified atom stereocenters. The largest absolute Gasteiger partial charge is 0.458 e. The van der Waals surface area contributed by atoms with Gasteiger partial charge in [-0.05, 0) is 76.7 Å². The molecule has 4 rings (SSSR count). The first-order valence-corrected chi connectivity index (χ1v) is 9.06. The summed E-state index contributed by atoms with van der Waals surface area (Å²) in [5.41, 5.74) is 3.23. The van der Waals surface area contributed by atoms with Crippen LogP contribution in [-0.2, 0) is 29.0 Å². The maximum atomic E-state index is 11.9. The Morgan fingerprint density at radius 1 is 1.15 bits per heavy atom. The van der Waals surface area contributed by atoms with Crippen molar-refractivity contribution in [3.8, 4) is 0 Å². The van der Waals surface area contributed by atoms with Crippen molar-refractivity contribution in [2.45, 2.75) is 25.9 Å². The second-order valence-corrected chi connectivity index (χ2v) is 6.93. The number of hydrogen-bond acceptors (Lipinski definition) is 5. The molecule has 2 heterocycles. The second-order valence-electron chi connectivity index (χ2n) is 6.14. The van der Waals surface area contributed by atoms with Crippen molar-refractivity contribution in [3.63, 3.8) is 0 Å². The molecule has 0 fully saturated rings. The Morgan fingerprint density at radius 3 is 2.73 bits per heavy atom. The number of esters is 1. The Labute approximate surface area is 157 Å². The van der Waals surface area contributed by atoms with E-state index in [0.717, 1.165) is 24.6 Å². The molecule has 6 heteroatoms. The first-order chi connectivity index (χ1) is 12.6. The Morgan fingerprint density at radius 2 is 1.96 bits per heavy atom. The minimum absolute atomic E-state index is 0.00586. The minimum Gasteiger partial charge on any atom is -0.458 e. The average molecular weight is 415 g/mol. The molecule has 1 aliphatic rings. The Balaban J connectivity index is 1.54. The highest BCUT2D eigenvalue weighted by atomic mass is 79.9. The van der Waals surface area contributed by atoms with E-state index in [2.05, 4.69) is 15.9 Å². The van der Waals surface area contributed by atoms with E-state index >= 15 is 0 Å². The molecule has 5 nitrogen and oxygen atoms in total. The molecular formula is C20H15BrO5. The van der Waals surface area contributed by atoms with Crippen molar-refractivity contribution in [1.82, 2.24) is 0 Å². The van der Waals surface area contributed by atoms with E-state index in [1.54, 1.807) is 12.1 Å².